The Bertz CT molecular complexity index is 1400. The Morgan fingerprint density at radius 1 is 1.06 bits per heavy atom. The van der Waals surface area contributed by atoms with Gasteiger partial charge in [0.05, 0.1) is 18.4 Å². The number of methoxy groups -OCH3 is 1. The number of hydrogen-bond acceptors (Lipinski definition) is 5. The van der Waals surface area contributed by atoms with Crippen molar-refractivity contribution < 1.29 is 23.4 Å². The molecule has 0 aliphatic heterocycles. The van der Waals surface area contributed by atoms with Gasteiger partial charge in [-0.3, -0.25) is 9.36 Å². The predicted octanol–water partition coefficient (Wildman–Crippen LogP) is 3.74. The Labute approximate surface area is 174 Å². The number of benzene rings is 2. The molecule has 1 N–H and O–H groups in total. The van der Waals surface area contributed by atoms with Gasteiger partial charge in [0.2, 0.25) is 0 Å². The van der Waals surface area contributed by atoms with Crippen molar-refractivity contribution in [1.82, 2.24) is 14.5 Å². The van der Waals surface area contributed by atoms with Crippen molar-refractivity contribution in [3.05, 3.63) is 81.6 Å². The Morgan fingerprint density at radius 2 is 1.77 bits per heavy atom. The largest absolute Gasteiger partial charge is 0.478 e. The smallest absolute Gasteiger partial charge is 0.335 e. The number of ether oxygens (including phenoxy) is 1. The van der Waals surface area contributed by atoms with E-state index < -0.39 is 28.9 Å². The minimum atomic E-state index is -1.13. The summed E-state index contributed by atoms with van der Waals surface area (Å²) in [5, 5.41) is 9.65. The molecule has 7 nitrogen and oxygen atoms in total. The van der Waals surface area contributed by atoms with E-state index in [0.29, 0.717) is 11.1 Å². The lowest BCUT2D eigenvalue weighted by Crippen LogP contribution is -2.21. The highest BCUT2D eigenvalue weighted by Crippen LogP contribution is 2.32. The minimum absolute atomic E-state index is 0.0276. The third-order valence-electron chi connectivity index (χ3n) is 4.81. The number of carboxylic acid groups (broad SMARTS) is 1. The Morgan fingerprint density at radius 3 is 2.42 bits per heavy atom. The number of pyridine rings is 1. The van der Waals surface area contributed by atoms with Gasteiger partial charge in [0, 0.05) is 17.0 Å². The molecule has 9 heteroatoms. The molecular formula is C22H15F2N3O4. The van der Waals surface area contributed by atoms with E-state index in [4.69, 9.17) is 4.74 Å². The summed E-state index contributed by atoms with van der Waals surface area (Å²) in [5.74, 6) is -3.02. The van der Waals surface area contributed by atoms with Gasteiger partial charge in [-0.25, -0.2) is 13.6 Å². The first kappa shape index (κ1) is 20.1. The van der Waals surface area contributed by atoms with E-state index in [-0.39, 0.29) is 28.3 Å². The molecule has 2 heterocycles. The number of aromatic carboxylic acids is 1. The standard InChI is InChI=1S/C22H15F2N3O4/c1-11-6-7-12(21(29)30)10-14(11)18-13-8-9-17(28)27(20(13)26-22(25-18)31-2)19-15(23)4-3-5-16(19)24/h3-10H,1-2H3,(H,29,30). The quantitative estimate of drug-likeness (QED) is 0.537. The Kier molecular flexibility index (Phi) is 4.94. The maximum Gasteiger partial charge on any atom is 0.335 e. The molecule has 4 aromatic rings. The third-order valence-corrected chi connectivity index (χ3v) is 4.81. The van der Waals surface area contributed by atoms with Crippen molar-refractivity contribution in [3.63, 3.8) is 0 Å². The van der Waals surface area contributed by atoms with Crippen LogP contribution in [0.3, 0.4) is 0 Å². The van der Waals surface area contributed by atoms with Crippen LogP contribution in [0, 0.1) is 18.6 Å². The zero-order valence-corrected chi connectivity index (χ0v) is 16.4. The van der Waals surface area contributed by atoms with Crippen molar-refractivity contribution in [3.8, 4) is 23.0 Å². The molecule has 0 amide bonds. The van der Waals surface area contributed by atoms with E-state index in [0.717, 1.165) is 22.8 Å². The van der Waals surface area contributed by atoms with E-state index >= 15 is 0 Å². The molecule has 156 valence electrons. The van der Waals surface area contributed by atoms with Crippen LogP contribution in [-0.4, -0.2) is 32.7 Å². The molecule has 0 fully saturated rings. The third kappa shape index (κ3) is 3.39. The molecular weight excluding hydrogens is 408 g/mol. The molecule has 31 heavy (non-hydrogen) atoms. The van der Waals surface area contributed by atoms with Gasteiger partial charge in [-0.1, -0.05) is 12.1 Å². The number of rotatable bonds is 4. The number of para-hydroxylation sites is 1. The fraction of sp³-hybridized carbons (Fsp3) is 0.0909. The van der Waals surface area contributed by atoms with Crippen LogP contribution < -0.4 is 10.3 Å². The second-order valence-corrected chi connectivity index (χ2v) is 6.71. The van der Waals surface area contributed by atoms with E-state index in [9.17, 15) is 23.5 Å². The molecule has 0 saturated heterocycles. The van der Waals surface area contributed by atoms with Crippen molar-refractivity contribution in [2.45, 2.75) is 6.92 Å². The van der Waals surface area contributed by atoms with Gasteiger partial charge in [0.25, 0.3) is 5.56 Å². The second-order valence-electron chi connectivity index (χ2n) is 6.71. The van der Waals surface area contributed by atoms with Crippen LogP contribution in [0.15, 0.2) is 53.3 Å². The lowest BCUT2D eigenvalue weighted by Gasteiger charge is -2.15. The fourth-order valence-electron chi connectivity index (χ4n) is 3.32. The highest BCUT2D eigenvalue weighted by atomic mass is 19.1. The summed E-state index contributed by atoms with van der Waals surface area (Å²) < 4.78 is 35.0. The molecule has 0 unspecified atom stereocenters. The van der Waals surface area contributed by atoms with Crippen LogP contribution in [0.5, 0.6) is 6.01 Å². The number of halogens is 2. The number of aromatic nitrogens is 3. The summed E-state index contributed by atoms with van der Waals surface area (Å²) in [6.07, 6.45) is 0. The van der Waals surface area contributed by atoms with Crippen LogP contribution >= 0.6 is 0 Å². The number of carboxylic acids is 1. The SMILES string of the molecule is COc1nc(-c2cc(C(=O)O)ccc2C)c2ccc(=O)n(-c3c(F)cccc3F)c2n1. The lowest BCUT2D eigenvalue weighted by atomic mass is 10.00. The summed E-state index contributed by atoms with van der Waals surface area (Å²) >= 11 is 0. The number of nitrogens with zero attached hydrogens (tertiary/aromatic N) is 3. The van der Waals surface area contributed by atoms with Gasteiger partial charge in [-0.05, 0) is 42.8 Å². The maximum absolute atomic E-state index is 14.5. The molecule has 0 spiro atoms. The molecule has 0 bridgehead atoms. The van der Waals surface area contributed by atoms with E-state index in [1.807, 2.05) is 0 Å². The molecule has 0 aliphatic carbocycles. The number of aryl methyl sites for hydroxylation is 1. The first-order valence-electron chi connectivity index (χ1n) is 9.08. The first-order valence-corrected chi connectivity index (χ1v) is 9.08. The van der Waals surface area contributed by atoms with Gasteiger partial charge < -0.3 is 9.84 Å². The van der Waals surface area contributed by atoms with E-state index in [1.54, 1.807) is 13.0 Å². The summed E-state index contributed by atoms with van der Waals surface area (Å²) in [6.45, 7) is 1.76. The average molecular weight is 423 g/mol. The molecule has 0 saturated carbocycles. The lowest BCUT2D eigenvalue weighted by molar-refractivity contribution is 0.0697. The average Bonchev–Trinajstić information content (AvgIpc) is 2.74. The first-order chi connectivity index (χ1) is 14.8. The summed E-state index contributed by atoms with van der Waals surface area (Å²) in [7, 11) is 1.31. The van der Waals surface area contributed by atoms with Gasteiger partial charge in [-0.15, -0.1) is 0 Å². The summed E-state index contributed by atoms with van der Waals surface area (Å²) in [6, 6.07) is 10.2. The Balaban J connectivity index is 2.15. The van der Waals surface area contributed by atoms with Gasteiger partial charge in [-0.2, -0.15) is 9.97 Å². The molecule has 0 atom stereocenters. The number of carbonyl (C=O) groups is 1. The number of hydrogen-bond donors (Lipinski definition) is 1. The molecule has 0 radical (unpaired) electrons. The minimum Gasteiger partial charge on any atom is -0.478 e. The molecule has 4 rings (SSSR count). The van der Waals surface area contributed by atoms with Crippen molar-refractivity contribution in [2.24, 2.45) is 0 Å². The van der Waals surface area contributed by atoms with Crippen molar-refractivity contribution >= 4 is 17.0 Å². The van der Waals surface area contributed by atoms with E-state index in [1.165, 1.54) is 31.4 Å². The van der Waals surface area contributed by atoms with Gasteiger partial charge >= 0.3 is 12.0 Å². The molecule has 0 aliphatic rings. The zero-order valence-electron chi connectivity index (χ0n) is 16.4. The summed E-state index contributed by atoms with van der Waals surface area (Å²) in [5.41, 5.74) is 0.0536. The maximum atomic E-state index is 14.5. The topological polar surface area (TPSA) is 94.3 Å². The van der Waals surface area contributed by atoms with Crippen LogP contribution in [0.1, 0.15) is 15.9 Å². The Hall–Kier alpha value is -4.14. The van der Waals surface area contributed by atoms with Crippen LogP contribution in [0.2, 0.25) is 0 Å². The van der Waals surface area contributed by atoms with Crippen LogP contribution in [0.4, 0.5) is 8.78 Å². The summed E-state index contributed by atoms with van der Waals surface area (Å²) in [4.78, 5) is 32.6. The highest BCUT2D eigenvalue weighted by Gasteiger charge is 2.21. The zero-order chi connectivity index (χ0) is 22.3. The second kappa shape index (κ2) is 7.60. The predicted molar refractivity (Wildman–Crippen MR) is 109 cm³/mol. The molecule has 2 aromatic heterocycles. The van der Waals surface area contributed by atoms with Crippen LogP contribution in [0.25, 0.3) is 28.0 Å². The molecule has 2 aromatic carbocycles. The normalized spacial score (nSPS) is 11.0. The fourth-order valence-corrected chi connectivity index (χ4v) is 3.32. The van der Waals surface area contributed by atoms with Crippen LogP contribution in [-0.2, 0) is 0 Å². The van der Waals surface area contributed by atoms with Gasteiger partial charge in [0.1, 0.15) is 17.3 Å². The highest BCUT2D eigenvalue weighted by molar-refractivity contribution is 5.95. The van der Waals surface area contributed by atoms with E-state index in [2.05, 4.69) is 9.97 Å². The van der Waals surface area contributed by atoms with Crippen molar-refractivity contribution in [2.75, 3.05) is 7.11 Å². The van der Waals surface area contributed by atoms with Crippen molar-refractivity contribution in [1.29, 1.82) is 0 Å². The number of fused-ring (bicyclic) bond motifs is 1. The van der Waals surface area contributed by atoms with Gasteiger partial charge in [0.15, 0.2) is 5.65 Å². The monoisotopic (exact) mass is 423 g/mol.